The summed E-state index contributed by atoms with van der Waals surface area (Å²) in [6.45, 7) is 4.59. The van der Waals surface area contributed by atoms with E-state index in [-0.39, 0.29) is 5.91 Å². The highest BCUT2D eigenvalue weighted by molar-refractivity contribution is 8.00. The number of thioether (sulfide) groups is 1. The van der Waals surface area contributed by atoms with Gasteiger partial charge in [-0.15, -0.1) is 18.2 Å². The van der Waals surface area contributed by atoms with Crippen molar-refractivity contribution >= 4 is 39.9 Å². The summed E-state index contributed by atoms with van der Waals surface area (Å²) in [7, 11) is 0. The first kappa shape index (κ1) is 20.3. The van der Waals surface area contributed by atoms with Crippen molar-refractivity contribution in [3.05, 3.63) is 60.8 Å². The summed E-state index contributed by atoms with van der Waals surface area (Å²) in [4.78, 5) is 22.5. The molecule has 1 saturated heterocycles. The van der Waals surface area contributed by atoms with Crippen LogP contribution in [0.3, 0.4) is 0 Å². The summed E-state index contributed by atoms with van der Waals surface area (Å²) in [5, 5.41) is 4.07. The fourth-order valence-electron chi connectivity index (χ4n) is 3.58. The number of carbonyl (C=O) groups is 1. The summed E-state index contributed by atoms with van der Waals surface area (Å²) in [6.07, 6.45) is 7.18. The van der Waals surface area contributed by atoms with Gasteiger partial charge in [0.25, 0.3) is 0 Å². The number of nitrogens with one attached hydrogen (secondary N) is 1. The van der Waals surface area contributed by atoms with Crippen molar-refractivity contribution in [3.63, 3.8) is 0 Å². The molecule has 0 saturated carbocycles. The van der Waals surface area contributed by atoms with E-state index >= 15 is 0 Å². The van der Waals surface area contributed by atoms with Gasteiger partial charge in [0, 0.05) is 54.0 Å². The quantitative estimate of drug-likeness (QED) is 0.490. The van der Waals surface area contributed by atoms with Gasteiger partial charge in [0.2, 0.25) is 5.91 Å². The molecule has 3 aromatic rings. The van der Waals surface area contributed by atoms with Crippen molar-refractivity contribution < 1.29 is 4.79 Å². The first-order valence-corrected chi connectivity index (χ1v) is 11.0. The number of para-hydroxylation sites is 1. The Labute approximate surface area is 181 Å². The zero-order chi connectivity index (χ0) is 20.8. The van der Waals surface area contributed by atoms with E-state index in [1.807, 2.05) is 42.5 Å². The lowest BCUT2D eigenvalue weighted by atomic mass is 10.2. The van der Waals surface area contributed by atoms with Crippen LogP contribution in [0.2, 0.25) is 0 Å². The van der Waals surface area contributed by atoms with Crippen molar-refractivity contribution in [2.45, 2.75) is 4.90 Å². The molecule has 5 nitrogen and oxygen atoms in total. The second-order valence-corrected chi connectivity index (χ2v) is 8.20. The number of fused-ring (bicyclic) bond motifs is 1. The molecule has 1 aromatic heterocycles. The van der Waals surface area contributed by atoms with E-state index in [0.717, 1.165) is 47.7 Å². The Hall–Kier alpha value is -3.01. The van der Waals surface area contributed by atoms with E-state index in [0.29, 0.717) is 12.3 Å². The highest BCUT2D eigenvalue weighted by Gasteiger charge is 2.16. The lowest BCUT2D eigenvalue weighted by molar-refractivity contribution is -0.113. The van der Waals surface area contributed by atoms with Crippen LogP contribution in [0.1, 0.15) is 0 Å². The predicted octanol–water partition coefficient (Wildman–Crippen LogP) is 3.72. The second kappa shape index (κ2) is 9.66. The molecule has 0 atom stereocenters. The first-order valence-electron chi connectivity index (χ1n) is 10.00. The molecule has 1 aliphatic heterocycles. The van der Waals surface area contributed by atoms with Crippen LogP contribution in [0.5, 0.6) is 0 Å². The largest absolute Gasteiger partial charge is 0.369 e. The molecule has 30 heavy (non-hydrogen) atoms. The predicted molar refractivity (Wildman–Crippen MR) is 125 cm³/mol. The van der Waals surface area contributed by atoms with Crippen molar-refractivity contribution in [3.8, 4) is 12.3 Å². The van der Waals surface area contributed by atoms with Gasteiger partial charge in [0.15, 0.2) is 0 Å². The summed E-state index contributed by atoms with van der Waals surface area (Å²) < 4.78 is 0. The van der Waals surface area contributed by atoms with Gasteiger partial charge < -0.3 is 10.2 Å². The SMILES string of the molecule is C#CCN1CCN(c2ccc(NC(=O)CSc3cccc4cccnc34)cc2)CC1. The Kier molecular flexibility index (Phi) is 6.53. The Morgan fingerprint density at radius 2 is 1.83 bits per heavy atom. The van der Waals surface area contributed by atoms with Gasteiger partial charge in [-0.05, 0) is 36.4 Å². The Morgan fingerprint density at radius 1 is 1.07 bits per heavy atom. The average Bonchev–Trinajstić information content (AvgIpc) is 2.79. The zero-order valence-electron chi connectivity index (χ0n) is 16.8. The molecule has 1 amide bonds. The Morgan fingerprint density at radius 3 is 2.60 bits per heavy atom. The molecular formula is C24H24N4OS. The molecular weight excluding hydrogens is 392 g/mol. The normalized spacial score (nSPS) is 14.4. The van der Waals surface area contributed by atoms with Crippen molar-refractivity contribution in [1.82, 2.24) is 9.88 Å². The lowest BCUT2D eigenvalue weighted by Crippen LogP contribution is -2.46. The van der Waals surface area contributed by atoms with E-state index < -0.39 is 0 Å². The number of nitrogens with zero attached hydrogens (tertiary/aromatic N) is 3. The van der Waals surface area contributed by atoms with Crippen LogP contribution >= 0.6 is 11.8 Å². The van der Waals surface area contributed by atoms with Crippen LogP contribution in [-0.4, -0.2) is 54.3 Å². The molecule has 4 rings (SSSR count). The standard InChI is InChI=1S/C24H24N4OS/c1-2-13-27-14-16-28(17-15-27)21-10-8-20(9-11-21)26-23(29)18-30-22-7-3-5-19-6-4-12-25-24(19)22/h1,3-12H,13-18H2,(H,26,29). The van der Waals surface area contributed by atoms with Gasteiger partial charge in [-0.1, -0.05) is 24.1 Å². The van der Waals surface area contributed by atoms with Gasteiger partial charge in [0.05, 0.1) is 17.8 Å². The molecule has 1 fully saturated rings. The van der Waals surface area contributed by atoms with Gasteiger partial charge in [-0.2, -0.15) is 0 Å². The number of aromatic nitrogens is 1. The van der Waals surface area contributed by atoms with E-state index in [1.165, 1.54) is 17.4 Å². The highest BCUT2D eigenvalue weighted by atomic mass is 32.2. The Balaban J connectivity index is 1.30. The third-order valence-electron chi connectivity index (χ3n) is 5.16. The monoisotopic (exact) mass is 416 g/mol. The highest BCUT2D eigenvalue weighted by Crippen LogP contribution is 2.26. The molecule has 6 heteroatoms. The molecule has 1 N–H and O–H groups in total. The average molecular weight is 417 g/mol. The molecule has 152 valence electrons. The maximum atomic E-state index is 12.4. The topological polar surface area (TPSA) is 48.5 Å². The van der Waals surface area contributed by atoms with E-state index in [4.69, 9.17) is 6.42 Å². The maximum absolute atomic E-state index is 12.4. The third-order valence-corrected chi connectivity index (χ3v) is 6.20. The molecule has 0 bridgehead atoms. The van der Waals surface area contributed by atoms with Crippen molar-refractivity contribution in [2.24, 2.45) is 0 Å². The van der Waals surface area contributed by atoms with Crippen molar-refractivity contribution in [1.29, 1.82) is 0 Å². The minimum absolute atomic E-state index is 0.0245. The van der Waals surface area contributed by atoms with Gasteiger partial charge in [0.1, 0.15) is 0 Å². The van der Waals surface area contributed by atoms with Crippen LogP contribution in [0.4, 0.5) is 11.4 Å². The lowest BCUT2D eigenvalue weighted by Gasteiger charge is -2.35. The number of anilines is 2. The summed E-state index contributed by atoms with van der Waals surface area (Å²) in [6, 6.07) is 18.0. The van der Waals surface area contributed by atoms with Crippen LogP contribution in [0.25, 0.3) is 10.9 Å². The molecule has 0 radical (unpaired) electrons. The number of carbonyl (C=O) groups excluding carboxylic acids is 1. The van der Waals surface area contributed by atoms with Crippen LogP contribution in [0.15, 0.2) is 65.7 Å². The first-order chi connectivity index (χ1) is 14.7. The maximum Gasteiger partial charge on any atom is 0.234 e. The van der Waals surface area contributed by atoms with Crippen LogP contribution in [-0.2, 0) is 4.79 Å². The van der Waals surface area contributed by atoms with Gasteiger partial charge in [-0.25, -0.2) is 0 Å². The van der Waals surface area contributed by atoms with Crippen molar-refractivity contribution in [2.75, 3.05) is 48.7 Å². The summed E-state index contributed by atoms with van der Waals surface area (Å²) >= 11 is 1.51. The number of pyridine rings is 1. The molecule has 0 unspecified atom stereocenters. The fraction of sp³-hybridized carbons (Fsp3) is 0.250. The van der Waals surface area contributed by atoms with Crippen LogP contribution in [0, 0.1) is 12.3 Å². The zero-order valence-corrected chi connectivity index (χ0v) is 17.6. The number of piperazine rings is 1. The van der Waals surface area contributed by atoms with Crippen LogP contribution < -0.4 is 10.2 Å². The smallest absolute Gasteiger partial charge is 0.234 e. The van der Waals surface area contributed by atoms with E-state index in [1.54, 1.807) is 6.20 Å². The fourth-order valence-corrected chi connectivity index (χ4v) is 4.42. The minimum atomic E-state index is -0.0245. The van der Waals surface area contributed by atoms with Gasteiger partial charge in [-0.3, -0.25) is 14.7 Å². The van der Waals surface area contributed by atoms with E-state index in [2.05, 4.69) is 38.2 Å². The molecule has 0 spiro atoms. The third kappa shape index (κ3) is 4.93. The number of hydrogen-bond donors (Lipinski definition) is 1. The number of hydrogen-bond acceptors (Lipinski definition) is 5. The number of terminal acetylenes is 1. The summed E-state index contributed by atoms with van der Waals surface area (Å²) in [5.41, 5.74) is 2.92. The second-order valence-electron chi connectivity index (χ2n) is 7.18. The van der Waals surface area contributed by atoms with Gasteiger partial charge >= 0.3 is 0 Å². The molecule has 2 aromatic carbocycles. The molecule has 1 aliphatic rings. The number of rotatable bonds is 6. The minimum Gasteiger partial charge on any atom is -0.369 e. The summed E-state index contributed by atoms with van der Waals surface area (Å²) in [5.74, 6) is 3.03. The number of benzene rings is 2. The molecule has 2 heterocycles. The number of amides is 1. The molecule has 0 aliphatic carbocycles. The van der Waals surface area contributed by atoms with E-state index in [9.17, 15) is 4.79 Å². The Bertz CT molecular complexity index is 1050.